The Balaban J connectivity index is 1.62. The van der Waals surface area contributed by atoms with Gasteiger partial charge in [-0.1, -0.05) is 70.5 Å². The lowest BCUT2D eigenvalue weighted by Gasteiger charge is -2.14. The molecule has 0 bridgehead atoms. The van der Waals surface area contributed by atoms with Gasteiger partial charge in [-0.25, -0.2) is 0 Å². The number of thioether (sulfide) groups is 1. The number of hydrogen-bond donors (Lipinski definition) is 0. The van der Waals surface area contributed by atoms with E-state index in [1.807, 2.05) is 66.7 Å². The van der Waals surface area contributed by atoms with E-state index in [1.54, 1.807) is 6.08 Å². The van der Waals surface area contributed by atoms with Crippen LogP contribution in [0.5, 0.6) is 0 Å². The fraction of sp³-hybridized carbons (Fsp3) is 0.0476. The van der Waals surface area contributed by atoms with Gasteiger partial charge in [0.1, 0.15) is 0 Å². The summed E-state index contributed by atoms with van der Waals surface area (Å²) < 4.78 is 0.971. The summed E-state index contributed by atoms with van der Waals surface area (Å²) in [5.41, 5.74) is 1.86. The second-order valence-corrected chi connectivity index (χ2v) is 7.87. The SMILES string of the molecule is O=C1S/C(=C/c2ccc(Br)cc2)C(=O)N1Cc1cccc2ccccc12. The van der Waals surface area contributed by atoms with Gasteiger partial charge in [-0.05, 0) is 51.9 Å². The summed E-state index contributed by atoms with van der Waals surface area (Å²) >= 11 is 4.38. The molecule has 0 atom stereocenters. The third-order valence-corrected chi connectivity index (χ3v) is 5.69. The van der Waals surface area contributed by atoms with E-state index in [9.17, 15) is 9.59 Å². The lowest BCUT2D eigenvalue weighted by molar-refractivity contribution is -0.123. The van der Waals surface area contributed by atoms with Gasteiger partial charge in [0.05, 0.1) is 11.4 Å². The number of rotatable bonds is 3. The third-order valence-electron chi connectivity index (χ3n) is 4.25. The molecule has 1 aliphatic rings. The van der Waals surface area contributed by atoms with Crippen LogP contribution in [-0.2, 0) is 11.3 Å². The maximum absolute atomic E-state index is 12.7. The fourth-order valence-corrected chi connectivity index (χ4v) is 4.05. The van der Waals surface area contributed by atoms with Crippen molar-refractivity contribution in [1.29, 1.82) is 0 Å². The molecule has 4 rings (SSSR count). The average molecular weight is 424 g/mol. The summed E-state index contributed by atoms with van der Waals surface area (Å²) in [6.07, 6.45) is 1.76. The first-order chi connectivity index (χ1) is 12.6. The van der Waals surface area contributed by atoms with E-state index in [0.29, 0.717) is 4.91 Å². The fourth-order valence-electron chi connectivity index (χ4n) is 2.95. The first-order valence-corrected chi connectivity index (χ1v) is 9.70. The molecule has 26 heavy (non-hydrogen) atoms. The van der Waals surface area contributed by atoms with Crippen molar-refractivity contribution in [2.75, 3.05) is 0 Å². The van der Waals surface area contributed by atoms with Crippen LogP contribution in [0.25, 0.3) is 16.8 Å². The van der Waals surface area contributed by atoms with E-state index in [1.165, 1.54) is 4.90 Å². The standard InChI is InChI=1S/C21H14BrNO2S/c22-17-10-8-14(9-11-17)12-19-20(24)23(21(25)26-19)13-16-6-3-5-15-4-1-2-7-18(15)16/h1-12H,13H2/b19-12+. The Morgan fingerprint density at radius 2 is 1.65 bits per heavy atom. The molecule has 3 nitrogen and oxygen atoms in total. The van der Waals surface area contributed by atoms with Crippen LogP contribution in [0, 0.1) is 0 Å². The number of halogens is 1. The van der Waals surface area contributed by atoms with Crippen molar-refractivity contribution in [3.8, 4) is 0 Å². The maximum atomic E-state index is 12.7. The number of carbonyl (C=O) groups is 2. The van der Waals surface area contributed by atoms with E-state index >= 15 is 0 Å². The summed E-state index contributed by atoms with van der Waals surface area (Å²) in [5.74, 6) is -0.240. The van der Waals surface area contributed by atoms with Gasteiger partial charge < -0.3 is 0 Å². The molecule has 1 heterocycles. The van der Waals surface area contributed by atoms with Crippen molar-refractivity contribution in [3.63, 3.8) is 0 Å². The summed E-state index contributed by atoms with van der Waals surface area (Å²) in [7, 11) is 0. The van der Waals surface area contributed by atoms with Crippen LogP contribution in [0.2, 0.25) is 0 Å². The minimum Gasteiger partial charge on any atom is -0.268 e. The molecule has 0 radical (unpaired) electrons. The highest BCUT2D eigenvalue weighted by Gasteiger charge is 2.35. The van der Waals surface area contributed by atoms with Crippen LogP contribution in [0.1, 0.15) is 11.1 Å². The van der Waals surface area contributed by atoms with Crippen molar-refractivity contribution in [3.05, 3.63) is 87.2 Å². The zero-order valence-electron chi connectivity index (χ0n) is 13.7. The largest absolute Gasteiger partial charge is 0.293 e. The monoisotopic (exact) mass is 423 g/mol. The van der Waals surface area contributed by atoms with Gasteiger partial charge in [0.2, 0.25) is 0 Å². The van der Waals surface area contributed by atoms with E-state index in [4.69, 9.17) is 0 Å². The van der Waals surface area contributed by atoms with E-state index in [0.717, 1.165) is 38.1 Å². The zero-order chi connectivity index (χ0) is 18.1. The van der Waals surface area contributed by atoms with Crippen LogP contribution >= 0.6 is 27.7 Å². The molecule has 0 unspecified atom stereocenters. The van der Waals surface area contributed by atoms with Gasteiger partial charge in [-0.3, -0.25) is 14.5 Å². The Kier molecular flexibility index (Phi) is 4.66. The second kappa shape index (κ2) is 7.09. The predicted octanol–water partition coefficient (Wildman–Crippen LogP) is 5.84. The second-order valence-electron chi connectivity index (χ2n) is 5.96. The predicted molar refractivity (Wildman–Crippen MR) is 110 cm³/mol. The van der Waals surface area contributed by atoms with Crippen LogP contribution in [0.3, 0.4) is 0 Å². The Labute approximate surface area is 163 Å². The van der Waals surface area contributed by atoms with Crippen molar-refractivity contribution in [2.24, 2.45) is 0 Å². The molecule has 3 aromatic rings. The average Bonchev–Trinajstić information content (AvgIpc) is 2.91. The number of fused-ring (bicyclic) bond motifs is 1. The number of hydrogen-bond acceptors (Lipinski definition) is 3. The van der Waals surface area contributed by atoms with E-state index in [2.05, 4.69) is 15.9 Å². The molecule has 5 heteroatoms. The molecule has 3 aromatic carbocycles. The number of nitrogens with zero attached hydrogens (tertiary/aromatic N) is 1. The van der Waals surface area contributed by atoms with E-state index < -0.39 is 0 Å². The number of benzene rings is 3. The van der Waals surface area contributed by atoms with Gasteiger partial charge in [0.15, 0.2) is 0 Å². The van der Waals surface area contributed by atoms with Gasteiger partial charge in [0, 0.05) is 4.47 Å². The number of imide groups is 1. The van der Waals surface area contributed by atoms with Crippen molar-refractivity contribution in [2.45, 2.75) is 6.54 Å². The Hall–Kier alpha value is -2.37. The van der Waals surface area contributed by atoms with Crippen molar-refractivity contribution in [1.82, 2.24) is 4.90 Å². The molecular weight excluding hydrogens is 410 g/mol. The molecule has 0 saturated carbocycles. The summed E-state index contributed by atoms with van der Waals surface area (Å²) in [6, 6.07) is 21.6. The minimum atomic E-state index is -0.240. The summed E-state index contributed by atoms with van der Waals surface area (Å²) in [5, 5.41) is 1.93. The first-order valence-electron chi connectivity index (χ1n) is 8.09. The summed E-state index contributed by atoms with van der Waals surface area (Å²) in [6.45, 7) is 0.281. The molecule has 1 aliphatic heterocycles. The molecule has 0 N–H and O–H groups in total. The van der Waals surface area contributed by atoms with E-state index in [-0.39, 0.29) is 17.7 Å². The van der Waals surface area contributed by atoms with Gasteiger partial charge in [-0.2, -0.15) is 0 Å². The highest BCUT2D eigenvalue weighted by molar-refractivity contribution is 9.10. The Morgan fingerprint density at radius 3 is 2.46 bits per heavy atom. The summed E-state index contributed by atoms with van der Waals surface area (Å²) in [4.78, 5) is 26.9. The Morgan fingerprint density at radius 1 is 0.923 bits per heavy atom. The lowest BCUT2D eigenvalue weighted by Crippen LogP contribution is -2.27. The molecule has 0 aliphatic carbocycles. The smallest absolute Gasteiger partial charge is 0.268 e. The van der Waals surface area contributed by atoms with Gasteiger partial charge in [-0.15, -0.1) is 0 Å². The lowest BCUT2D eigenvalue weighted by atomic mass is 10.0. The quantitative estimate of drug-likeness (QED) is 0.496. The molecule has 1 fully saturated rings. The zero-order valence-corrected chi connectivity index (χ0v) is 16.1. The Bertz CT molecular complexity index is 1040. The number of carbonyl (C=O) groups excluding carboxylic acids is 2. The highest BCUT2D eigenvalue weighted by atomic mass is 79.9. The van der Waals surface area contributed by atoms with Crippen LogP contribution < -0.4 is 0 Å². The van der Waals surface area contributed by atoms with Crippen LogP contribution in [0.4, 0.5) is 4.79 Å². The normalized spacial score (nSPS) is 16.0. The maximum Gasteiger partial charge on any atom is 0.293 e. The molecule has 2 amide bonds. The topological polar surface area (TPSA) is 37.4 Å². The first kappa shape index (κ1) is 17.1. The number of amides is 2. The molecule has 0 spiro atoms. The van der Waals surface area contributed by atoms with Crippen molar-refractivity contribution < 1.29 is 9.59 Å². The molecule has 1 saturated heterocycles. The third kappa shape index (κ3) is 3.32. The molecule has 0 aromatic heterocycles. The van der Waals surface area contributed by atoms with Crippen LogP contribution in [-0.4, -0.2) is 16.0 Å². The van der Waals surface area contributed by atoms with Crippen molar-refractivity contribution >= 4 is 55.7 Å². The van der Waals surface area contributed by atoms with Gasteiger partial charge >= 0.3 is 0 Å². The molecule has 128 valence electrons. The van der Waals surface area contributed by atoms with Gasteiger partial charge in [0.25, 0.3) is 11.1 Å². The highest BCUT2D eigenvalue weighted by Crippen LogP contribution is 2.34. The molecular formula is C21H14BrNO2S. The van der Waals surface area contributed by atoms with Crippen LogP contribution in [0.15, 0.2) is 76.1 Å². The minimum absolute atomic E-state index is 0.230.